The lowest BCUT2D eigenvalue weighted by Gasteiger charge is -2.14. The quantitative estimate of drug-likeness (QED) is 0.715. The predicted octanol–water partition coefficient (Wildman–Crippen LogP) is 3.70. The van der Waals surface area contributed by atoms with Crippen LogP contribution in [0.3, 0.4) is 0 Å². The molecule has 0 unspecified atom stereocenters. The van der Waals surface area contributed by atoms with Gasteiger partial charge in [-0.05, 0) is 37.1 Å². The SMILES string of the molecule is Cc1nn(Cc2ccc(Cl)cc2)c2sc(C(=O)N3CC[C@@H](N)C3)cc12.Cl. The second kappa shape index (κ2) is 7.56. The summed E-state index contributed by atoms with van der Waals surface area (Å²) >= 11 is 7.46. The molecule has 8 heteroatoms. The van der Waals surface area contributed by atoms with Crippen molar-refractivity contribution in [2.24, 2.45) is 5.73 Å². The summed E-state index contributed by atoms with van der Waals surface area (Å²) in [6.07, 6.45) is 0.875. The molecule has 1 aliphatic rings. The van der Waals surface area contributed by atoms with Crippen LogP contribution in [0.15, 0.2) is 30.3 Å². The standard InChI is InChI=1S/C18H19ClN4OS.ClH/c1-11-15-8-16(17(24)22-7-6-14(20)10-22)25-18(15)23(21-11)9-12-2-4-13(19)5-3-12;/h2-5,8,14H,6-7,9-10,20H2,1H3;1H/t14-;/m1./s1. The van der Waals surface area contributed by atoms with E-state index in [0.717, 1.165) is 44.3 Å². The normalized spacial score (nSPS) is 16.9. The van der Waals surface area contributed by atoms with E-state index < -0.39 is 0 Å². The molecule has 1 aromatic carbocycles. The Labute approximate surface area is 167 Å². The number of halogens is 2. The van der Waals surface area contributed by atoms with Gasteiger partial charge in [0.15, 0.2) is 0 Å². The highest BCUT2D eigenvalue weighted by molar-refractivity contribution is 7.20. The van der Waals surface area contributed by atoms with Gasteiger partial charge in [0.05, 0.1) is 17.1 Å². The van der Waals surface area contributed by atoms with Crippen LogP contribution in [-0.2, 0) is 6.54 Å². The lowest BCUT2D eigenvalue weighted by Crippen LogP contribution is -2.31. The number of hydrogen-bond acceptors (Lipinski definition) is 4. The summed E-state index contributed by atoms with van der Waals surface area (Å²) in [5.41, 5.74) is 7.99. The first-order chi connectivity index (χ1) is 12.0. The number of carbonyl (C=O) groups excluding carboxylic acids is 1. The molecule has 0 radical (unpaired) electrons. The molecule has 1 fully saturated rings. The zero-order valence-corrected chi connectivity index (χ0v) is 16.7. The number of nitrogens with zero attached hydrogens (tertiary/aromatic N) is 3. The second-order valence-electron chi connectivity index (χ2n) is 6.50. The zero-order valence-electron chi connectivity index (χ0n) is 14.3. The molecule has 5 nitrogen and oxygen atoms in total. The van der Waals surface area contributed by atoms with Gasteiger partial charge in [0.25, 0.3) is 5.91 Å². The molecule has 3 heterocycles. The first-order valence-electron chi connectivity index (χ1n) is 8.27. The van der Waals surface area contributed by atoms with Crippen molar-refractivity contribution in [2.45, 2.75) is 25.9 Å². The minimum Gasteiger partial charge on any atom is -0.336 e. The van der Waals surface area contributed by atoms with Crippen molar-refractivity contribution in [2.75, 3.05) is 13.1 Å². The Balaban J connectivity index is 0.00000196. The minimum atomic E-state index is 0. The third kappa shape index (κ3) is 3.60. The maximum Gasteiger partial charge on any atom is 0.264 e. The first kappa shape index (κ1) is 19.2. The van der Waals surface area contributed by atoms with Crippen LogP contribution in [0, 0.1) is 6.92 Å². The molecule has 138 valence electrons. The molecule has 0 bridgehead atoms. The number of rotatable bonds is 3. The molecule has 0 saturated carbocycles. The average molecular weight is 411 g/mol. The third-order valence-corrected chi connectivity index (χ3v) is 5.96. The lowest BCUT2D eigenvalue weighted by atomic mass is 10.2. The molecular weight excluding hydrogens is 391 g/mol. The zero-order chi connectivity index (χ0) is 17.6. The number of carbonyl (C=O) groups is 1. The van der Waals surface area contributed by atoms with Crippen molar-refractivity contribution in [3.8, 4) is 0 Å². The van der Waals surface area contributed by atoms with Crippen LogP contribution in [0.2, 0.25) is 5.02 Å². The first-order valence-corrected chi connectivity index (χ1v) is 9.47. The van der Waals surface area contributed by atoms with E-state index in [1.54, 1.807) is 0 Å². The van der Waals surface area contributed by atoms with Gasteiger partial charge in [-0.3, -0.25) is 9.48 Å². The van der Waals surface area contributed by atoms with E-state index in [9.17, 15) is 4.79 Å². The van der Waals surface area contributed by atoms with Crippen molar-refractivity contribution < 1.29 is 4.79 Å². The van der Waals surface area contributed by atoms with Gasteiger partial charge in [-0.25, -0.2) is 0 Å². The van der Waals surface area contributed by atoms with Crippen LogP contribution in [0.25, 0.3) is 10.2 Å². The summed E-state index contributed by atoms with van der Waals surface area (Å²) in [7, 11) is 0. The highest BCUT2D eigenvalue weighted by Gasteiger charge is 2.26. The number of hydrogen-bond donors (Lipinski definition) is 1. The highest BCUT2D eigenvalue weighted by atomic mass is 35.5. The Morgan fingerprint density at radius 3 is 2.77 bits per heavy atom. The number of fused-ring (bicyclic) bond motifs is 1. The molecule has 0 aliphatic carbocycles. The average Bonchev–Trinajstić information content (AvgIpc) is 3.27. The van der Waals surface area contributed by atoms with E-state index >= 15 is 0 Å². The lowest BCUT2D eigenvalue weighted by molar-refractivity contribution is 0.0795. The fourth-order valence-electron chi connectivity index (χ4n) is 3.22. The smallest absolute Gasteiger partial charge is 0.264 e. The van der Waals surface area contributed by atoms with Gasteiger partial charge in [0.1, 0.15) is 4.83 Å². The summed E-state index contributed by atoms with van der Waals surface area (Å²) in [4.78, 5) is 16.3. The summed E-state index contributed by atoms with van der Waals surface area (Å²) in [5, 5.41) is 6.39. The Kier molecular flexibility index (Phi) is 5.58. The van der Waals surface area contributed by atoms with Crippen LogP contribution >= 0.6 is 35.3 Å². The number of nitrogens with two attached hydrogens (primary N) is 1. The van der Waals surface area contributed by atoms with E-state index in [1.165, 1.54) is 11.3 Å². The minimum absolute atomic E-state index is 0. The molecule has 0 spiro atoms. The van der Waals surface area contributed by atoms with Crippen molar-refractivity contribution >= 4 is 51.5 Å². The fraction of sp³-hybridized carbons (Fsp3) is 0.333. The molecule has 2 N–H and O–H groups in total. The fourth-order valence-corrected chi connectivity index (χ4v) is 4.47. The highest BCUT2D eigenvalue weighted by Crippen LogP contribution is 2.30. The third-order valence-electron chi connectivity index (χ3n) is 4.58. The summed E-state index contributed by atoms with van der Waals surface area (Å²) < 4.78 is 1.96. The van der Waals surface area contributed by atoms with Gasteiger partial charge in [-0.2, -0.15) is 5.10 Å². The maximum absolute atomic E-state index is 12.7. The number of likely N-dealkylation sites (tertiary alicyclic amines) is 1. The van der Waals surface area contributed by atoms with Gasteiger partial charge in [0.2, 0.25) is 0 Å². The van der Waals surface area contributed by atoms with Crippen molar-refractivity contribution in [1.29, 1.82) is 0 Å². The second-order valence-corrected chi connectivity index (χ2v) is 7.97. The van der Waals surface area contributed by atoms with Crippen molar-refractivity contribution in [3.05, 3.63) is 51.5 Å². The largest absolute Gasteiger partial charge is 0.336 e. The number of amides is 1. The molecule has 1 aliphatic heterocycles. The Morgan fingerprint density at radius 1 is 1.38 bits per heavy atom. The van der Waals surface area contributed by atoms with Crippen LogP contribution in [0.1, 0.15) is 27.3 Å². The van der Waals surface area contributed by atoms with Gasteiger partial charge < -0.3 is 10.6 Å². The summed E-state index contributed by atoms with van der Waals surface area (Å²) in [6.45, 7) is 4.02. The Hall–Kier alpha value is -1.60. The molecule has 1 saturated heterocycles. The summed E-state index contributed by atoms with van der Waals surface area (Å²) in [6, 6.07) is 9.81. The van der Waals surface area contributed by atoms with Crippen LogP contribution in [-0.4, -0.2) is 39.7 Å². The number of aromatic nitrogens is 2. The molecule has 3 aromatic rings. The van der Waals surface area contributed by atoms with E-state index in [-0.39, 0.29) is 24.4 Å². The van der Waals surface area contributed by atoms with E-state index in [1.807, 2.05) is 46.8 Å². The molecule has 26 heavy (non-hydrogen) atoms. The summed E-state index contributed by atoms with van der Waals surface area (Å²) in [5.74, 6) is 0.0755. The molecule has 1 amide bonds. The molecule has 4 rings (SSSR count). The van der Waals surface area contributed by atoms with Crippen LogP contribution < -0.4 is 5.73 Å². The van der Waals surface area contributed by atoms with Crippen molar-refractivity contribution in [1.82, 2.24) is 14.7 Å². The van der Waals surface area contributed by atoms with Gasteiger partial charge >= 0.3 is 0 Å². The van der Waals surface area contributed by atoms with Crippen molar-refractivity contribution in [3.63, 3.8) is 0 Å². The van der Waals surface area contributed by atoms with Gasteiger partial charge in [-0.1, -0.05) is 23.7 Å². The van der Waals surface area contributed by atoms with Gasteiger partial charge in [-0.15, -0.1) is 23.7 Å². The topological polar surface area (TPSA) is 64.2 Å². The molecule has 2 aromatic heterocycles. The Bertz CT molecular complexity index is 935. The Morgan fingerprint density at radius 2 is 2.12 bits per heavy atom. The maximum atomic E-state index is 12.7. The number of thiophene rings is 1. The van der Waals surface area contributed by atoms with E-state index in [2.05, 4.69) is 5.10 Å². The van der Waals surface area contributed by atoms with E-state index in [0.29, 0.717) is 13.1 Å². The number of aryl methyl sites for hydroxylation is 1. The predicted molar refractivity (Wildman–Crippen MR) is 109 cm³/mol. The van der Waals surface area contributed by atoms with Crippen LogP contribution in [0.5, 0.6) is 0 Å². The molecular formula is C18H20Cl2N4OS. The molecule has 1 atom stereocenters. The monoisotopic (exact) mass is 410 g/mol. The number of benzene rings is 1. The van der Waals surface area contributed by atoms with Crippen LogP contribution in [0.4, 0.5) is 0 Å². The van der Waals surface area contributed by atoms with Gasteiger partial charge in [0, 0.05) is 29.5 Å². The van der Waals surface area contributed by atoms with E-state index in [4.69, 9.17) is 17.3 Å².